The molecule has 1 fully saturated rings. The van der Waals surface area contributed by atoms with Gasteiger partial charge in [-0.1, -0.05) is 30.7 Å². The Morgan fingerprint density at radius 3 is 2.91 bits per heavy atom. The second kappa shape index (κ2) is 6.51. The number of rotatable bonds is 3. The number of likely N-dealkylation sites (tertiary alicyclic amines) is 1. The third kappa shape index (κ3) is 3.01. The molecule has 22 heavy (non-hydrogen) atoms. The summed E-state index contributed by atoms with van der Waals surface area (Å²) < 4.78 is 0. The van der Waals surface area contributed by atoms with E-state index in [1.807, 2.05) is 18.0 Å². The highest BCUT2D eigenvalue weighted by atomic mass is 16.2. The normalized spacial score (nSPS) is 21.4. The molecule has 0 bridgehead atoms. The molecule has 4 nitrogen and oxygen atoms in total. The van der Waals surface area contributed by atoms with E-state index in [2.05, 4.69) is 18.2 Å². The first-order valence-corrected chi connectivity index (χ1v) is 8.28. The fraction of sp³-hybridized carbons (Fsp3) is 0.556. The van der Waals surface area contributed by atoms with Crippen molar-refractivity contribution in [2.75, 3.05) is 20.1 Å². The summed E-state index contributed by atoms with van der Waals surface area (Å²) in [5, 5.41) is 0. The zero-order chi connectivity index (χ0) is 15.5. The maximum atomic E-state index is 12.6. The molecule has 1 aromatic rings. The second-order valence-electron chi connectivity index (χ2n) is 6.38. The summed E-state index contributed by atoms with van der Waals surface area (Å²) in [6.07, 6.45) is 5.65. The van der Waals surface area contributed by atoms with Gasteiger partial charge in [0.05, 0.1) is 12.6 Å². The van der Waals surface area contributed by atoms with Gasteiger partial charge in [-0.25, -0.2) is 0 Å². The Labute approximate surface area is 132 Å². The molecule has 1 aliphatic carbocycles. The molecule has 1 aliphatic heterocycles. The van der Waals surface area contributed by atoms with Gasteiger partial charge in [-0.15, -0.1) is 0 Å². The van der Waals surface area contributed by atoms with Crippen LogP contribution in [0.25, 0.3) is 0 Å². The Hall–Kier alpha value is -1.84. The quantitative estimate of drug-likeness (QED) is 0.860. The third-order valence-electron chi connectivity index (χ3n) is 4.96. The van der Waals surface area contributed by atoms with Gasteiger partial charge >= 0.3 is 0 Å². The van der Waals surface area contributed by atoms with Crippen LogP contribution in [0.2, 0.25) is 0 Å². The van der Waals surface area contributed by atoms with E-state index in [-0.39, 0.29) is 24.4 Å². The highest BCUT2D eigenvalue weighted by Gasteiger charge is 2.29. The van der Waals surface area contributed by atoms with Crippen LogP contribution in [0.3, 0.4) is 0 Å². The van der Waals surface area contributed by atoms with Gasteiger partial charge in [0.2, 0.25) is 11.8 Å². The standard InChI is InChI=1S/C18H24N2O2/c1-19(16-11-10-14-7-4-5-8-15(14)16)18(22)13-20-12-6-2-3-9-17(20)21/h4-5,7-8,16H,2-3,6,9-13H2,1H3. The summed E-state index contributed by atoms with van der Waals surface area (Å²) in [6.45, 7) is 0.952. The van der Waals surface area contributed by atoms with Gasteiger partial charge in [0.1, 0.15) is 0 Å². The summed E-state index contributed by atoms with van der Waals surface area (Å²) in [5.41, 5.74) is 2.61. The lowest BCUT2D eigenvalue weighted by Gasteiger charge is -2.28. The molecule has 0 radical (unpaired) electrons. The first-order valence-electron chi connectivity index (χ1n) is 8.28. The van der Waals surface area contributed by atoms with E-state index in [0.717, 1.165) is 38.6 Å². The number of benzene rings is 1. The maximum absolute atomic E-state index is 12.6. The number of likely N-dealkylation sites (N-methyl/N-ethyl adjacent to an activating group) is 1. The highest BCUT2D eigenvalue weighted by Crippen LogP contribution is 2.34. The summed E-state index contributed by atoms with van der Waals surface area (Å²) in [7, 11) is 1.87. The van der Waals surface area contributed by atoms with Gasteiger partial charge < -0.3 is 9.80 Å². The zero-order valence-electron chi connectivity index (χ0n) is 13.3. The highest BCUT2D eigenvalue weighted by molar-refractivity contribution is 5.85. The minimum atomic E-state index is 0.0527. The monoisotopic (exact) mass is 300 g/mol. The largest absolute Gasteiger partial charge is 0.337 e. The lowest BCUT2D eigenvalue weighted by Crippen LogP contribution is -2.42. The molecule has 1 heterocycles. The Balaban J connectivity index is 1.66. The smallest absolute Gasteiger partial charge is 0.242 e. The number of carbonyl (C=O) groups excluding carboxylic acids is 2. The van der Waals surface area contributed by atoms with Crippen LogP contribution in [0.5, 0.6) is 0 Å². The van der Waals surface area contributed by atoms with E-state index < -0.39 is 0 Å². The fourth-order valence-electron chi connectivity index (χ4n) is 3.59. The number of aryl methyl sites for hydroxylation is 1. The van der Waals surface area contributed by atoms with Gasteiger partial charge in [-0.05, 0) is 36.8 Å². The van der Waals surface area contributed by atoms with Crippen LogP contribution in [-0.4, -0.2) is 41.8 Å². The number of carbonyl (C=O) groups is 2. The number of hydrogen-bond acceptors (Lipinski definition) is 2. The summed E-state index contributed by atoms with van der Waals surface area (Å²) in [4.78, 5) is 28.2. The van der Waals surface area contributed by atoms with Crippen LogP contribution >= 0.6 is 0 Å². The predicted octanol–water partition coefficient (Wildman–Crippen LogP) is 2.53. The zero-order valence-corrected chi connectivity index (χ0v) is 13.3. The van der Waals surface area contributed by atoms with E-state index in [9.17, 15) is 9.59 Å². The van der Waals surface area contributed by atoms with Crippen LogP contribution in [0.4, 0.5) is 0 Å². The SMILES string of the molecule is CN(C(=O)CN1CCCCCC1=O)C1CCc2ccccc21. The van der Waals surface area contributed by atoms with Crippen molar-refractivity contribution in [3.63, 3.8) is 0 Å². The second-order valence-corrected chi connectivity index (χ2v) is 6.38. The molecular weight excluding hydrogens is 276 g/mol. The van der Waals surface area contributed by atoms with Crippen molar-refractivity contribution in [2.24, 2.45) is 0 Å². The Morgan fingerprint density at radius 1 is 1.23 bits per heavy atom. The molecule has 0 aromatic heterocycles. The number of fused-ring (bicyclic) bond motifs is 1. The minimum Gasteiger partial charge on any atom is -0.337 e. The molecule has 0 saturated carbocycles. The molecule has 0 N–H and O–H groups in total. The summed E-state index contributed by atoms with van der Waals surface area (Å²) >= 11 is 0. The molecule has 2 aliphatic rings. The summed E-state index contributed by atoms with van der Waals surface area (Å²) in [5.74, 6) is 0.183. The van der Waals surface area contributed by atoms with Crippen LogP contribution in [0.15, 0.2) is 24.3 Å². The Kier molecular flexibility index (Phi) is 4.46. The lowest BCUT2D eigenvalue weighted by atomic mass is 10.1. The van der Waals surface area contributed by atoms with Crippen LogP contribution in [-0.2, 0) is 16.0 Å². The Bertz CT molecular complexity index is 570. The van der Waals surface area contributed by atoms with Gasteiger partial charge in [-0.2, -0.15) is 0 Å². The van der Waals surface area contributed by atoms with E-state index in [1.165, 1.54) is 11.1 Å². The molecule has 2 amide bonds. The van der Waals surface area contributed by atoms with Gasteiger partial charge in [-0.3, -0.25) is 9.59 Å². The lowest BCUT2D eigenvalue weighted by molar-refractivity contribution is -0.140. The van der Waals surface area contributed by atoms with E-state index >= 15 is 0 Å². The number of nitrogens with zero attached hydrogens (tertiary/aromatic N) is 2. The van der Waals surface area contributed by atoms with Crippen LogP contribution in [0, 0.1) is 0 Å². The number of amides is 2. The molecule has 3 rings (SSSR count). The predicted molar refractivity (Wildman–Crippen MR) is 85.3 cm³/mol. The van der Waals surface area contributed by atoms with Gasteiger partial charge in [0, 0.05) is 20.0 Å². The average Bonchev–Trinajstić information content (AvgIpc) is 2.86. The van der Waals surface area contributed by atoms with Crippen molar-refractivity contribution >= 4 is 11.8 Å². The first kappa shape index (κ1) is 15.1. The fourth-order valence-corrected chi connectivity index (χ4v) is 3.59. The molecule has 4 heteroatoms. The van der Waals surface area contributed by atoms with Crippen molar-refractivity contribution in [3.8, 4) is 0 Å². The van der Waals surface area contributed by atoms with Gasteiger partial charge in [0.25, 0.3) is 0 Å². The molecule has 1 atom stereocenters. The Morgan fingerprint density at radius 2 is 2.05 bits per heavy atom. The van der Waals surface area contributed by atoms with E-state index in [1.54, 1.807) is 4.90 Å². The maximum Gasteiger partial charge on any atom is 0.242 e. The molecule has 1 unspecified atom stereocenters. The topological polar surface area (TPSA) is 40.6 Å². The van der Waals surface area contributed by atoms with E-state index in [4.69, 9.17) is 0 Å². The minimum absolute atomic E-state index is 0.0527. The first-order chi connectivity index (χ1) is 10.7. The molecule has 1 aromatic carbocycles. The van der Waals surface area contributed by atoms with Gasteiger partial charge in [0.15, 0.2) is 0 Å². The average molecular weight is 300 g/mol. The van der Waals surface area contributed by atoms with Crippen molar-refractivity contribution < 1.29 is 9.59 Å². The van der Waals surface area contributed by atoms with Crippen molar-refractivity contribution in [1.29, 1.82) is 0 Å². The summed E-state index contributed by atoms with van der Waals surface area (Å²) in [6, 6.07) is 8.51. The van der Waals surface area contributed by atoms with Crippen molar-refractivity contribution in [3.05, 3.63) is 35.4 Å². The van der Waals surface area contributed by atoms with Crippen molar-refractivity contribution in [1.82, 2.24) is 9.80 Å². The van der Waals surface area contributed by atoms with Crippen molar-refractivity contribution in [2.45, 2.75) is 44.6 Å². The molecular formula is C18H24N2O2. The number of hydrogen-bond donors (Lipinski definition) is 0. The molecule has 1 saturated heterocycles. The van der Waals surface area contributed by atoms with Crippen LogP contribution in [0.1, 0.15) is 49.3 Å². The third-order valence-corrected chi connectivity index (χ3v) is 4.96. The molecule has 118 valence electrons. The van der Waals surface area contributed by atoms with Crippen LogP contribution < -0.4 is 0 Å². The molecule has 0 spiro atoms. The van der Waals surface area contributed by atoms with E-state index in [0.29, 0.717) is 6.42 Å².